The van der Waals surface area contributed by atoms with Crippen LogP contribution in [0.3, 0.4) is 0 Å². The Hall–Kier alpha value is -3.35. The van der Waals surface area contributed by atoms with Gasteiger partial charge in [0.1, 0.15) is 11.5 Å². The first-order valence-electron chi connectivity index (χ1n) is 8.27. The molecule has 0 unspecified atom stereocenters. The van der Waals surface area contributed by atoms with Gasteiger partial charge in [-0.25, -0.2) is 4.79 Å². The van der Waals surface area contributed by atoms with Crippen molar-refractivity contribution in [3.05, 3.63) is 54.1 Å². The largest absolute Gasteiger partial charge is 0.497 e. The molecule has 2 aromatic rings. The molecule has 0 aliphatic carbocycles. The summed E-state index contributed by atoms with van der Waals surface area (Å²) < 4.78 is 15.4. The van der Waals surface area contributed by atoms with E-state index in [-0.39, 0.29) is 12.4 Å². The number of nitrogens with one attached hydrogen (secondary N) is 1. The summed E-state index contributed by atoms with van der Waals surface area (Å²) in [5.41, 5.74) is 0.926. The second kappa shape index (κ2) is 9.38. The van der Waals surface area contributed by atoms with E-state index in [4.69, 9.17) is 14.2 Å². The Balaban J connectivity index is 1.83. The smallest absolute Gasteiger partial charge is 0.344 e. The van der Waals surface area contributed by atoms with Crippen LogP contribution in [0.4, 0.5) is 5.69 Å². The van der Waals surface area contributed by atoms with Crippen molar-refractivity contribution in [2.75, 3.05) is 19.0 Å². The molecule has 7 heteroatoms. The van der Waals surface area contributed by atoms with Gasteiger partial charge >= 0.3 is 5.97 Å². The highest BCUT2D eigenvalue weighted by Crippen LogP contribution is 2.17. The van der Waals surface area contributed by atoms with Crippen molar-refractivity contribution >= 4 is 23.3 Å². The molecular weight excluding hydrogens is 350 g/mol. The van der Waals surface area contributed by atoms with E-state index in [9.17, 15) is 14.4 Å². The first kappa shape index (κ1) is 20.0. The van der Waals surface area contributed by atoms with Crippen molar-refractivity contribution in [1.82, 2.24) is 0 Å². The maximum atomic E-state index is 12.1. The average Bonchev–Trinajstić information content (AvgIpc) is 2.66. The highest BCUT2D eigenvalue weighted by molar-refractivity contribution is 5.98. The van der Waals surface area contributed by atoms with E-state index in [0.717, 1.165) is 0 Å². The Kier molecular flexibility index (Phi) is 6.93. The number of hydrogen-bond acceptors (Lipinski definition) is 6. The molecule has 0 aromatic heterocycles. The average molecular weight is 371 g/mol. The lowest BCUT2D eigenvalue weighted by molar-refractivity contribution is -0.155. The minimum absolute atomic E-state index is 0.110. The van der Waals surface area contributed by atoms with Crippen molar-refractivity contribution < 1.29 is 28.6 Å². The van der Waals surface area contributed by atoms with E-state index in [1.807, 2.05) is 0 Å². The highest BCUT2D eigenvalue weighted by Gasteiger charge is 2.18. The van der Waals surface area contributed by atoms with Gasteiger partial charge in [0.2, 0.25) is 0 Å². The lowest BCUT2D eigenvalue weighted by Crippen LogP contribution is -2.31. The summed E-state index contributed by atoms with van der Waals surface area (Å²) in [5.74, 6) is -0.143. The van der Waals surface area contributed by atoms with Gasteiger partial charge in [-0.15, -0.1) is 0 Å². The standard InChI is InChI=1S/C20H21NO6/c1-13(22)15-5-4-6-16(11-15)21-20(24)14(2)27-19(23)12-26-18-9-7-17(25-3)8-10-18/h4-11,14H,12H2,1-3H3,(H,21,24)/t14-/m0/s1. The van der Waals surface area contributed by atoms with Crippen LogP contribution in [0.5, 0.6) is 11.5 Å². The predicted octanol–water partition coefficient (Wildman–Crippen LogP) is 2.85. The van der Waals surface area contributed by atoms with E-state index in [2.05, 4.69) is 5.32 Å². The van der Waals surface area contributed by atoms with E-state index >= 15 is 0 Å². The van der Waals surface area contributed by atoms with Crippen LogP contribution in [0.15, 0.2) is 48.5 Å². The summed E-state index contributed by atoms with van der Waals surface area (Å²) in [6, 6.07) is 13.2. The zero-order valence-corrected chi connectivity index (χ0v) is 15.4. The topological polar surface area (TPSA) is 90.9 Å². The number of ether oxygens (including phenoxy) is 3. The fourth-order valence-electron chi connectivity index (χ4n) is 2.16. The third-order valence-electron chi connectivity index (χ3n) is 3.63. The Bertz CT molecular complexity index is 815. The van der Waals surface area contributed by atoms with E-state index in [0.29, 0.717) is 22.7 Å². The number of benzene rings is 2. The van der Waals surface area contributed by atoms with Gasteiger partial charge in [0.05, 0.1) is 7.11 Å². The summed E-state index contributed by atoms with van der Waals surface area (Å²) >= 11 is 0. The number of Topliss-reactive ketones (excluding diaryl/α,β-unsaturated/α-hetero) is 1. The minimum Gasteiger partial charge on any atom is -0.497 e. The Morgan fingerprint density at radius 2 is 1.70 bits per heavy atom. The zero-order valence-electron chi connectivity index (χ0n) is 15.4. The summed E-state index contributed by atoms with van der Waals surface area (Å²) in [7, 11) is 1.55. The molecule has 0 bridgehead atoms. The van der Waals surface area contributed by atoms with Crippen LogP contribution < -0.4 is 14.8 Å². The molecule has 0 saturated heterocycles. The summed E-state index contributed by atoms with van der Waals surface area (Å²) in [4.78, 5) is 35.4. The third-order valence-corrected chi connectivity index (χ3v) is 3.63. The van der Waals surface area contributed by atoms with Crippen molar-refractivity contribution in [2.45, 2.75) is 20.0 Å². The number of anilines is 1. The van der Waals surface area contributed by atoms with E-state index in [1.165, 1.54) is 13.8 Å². The predicted molar refractivity (Wildman–Crippen MR) is 99.1 cm³/mol. The number of amides is 1. The van der Waals surface area contributed by atoms with Crippen molar-refractivity contribution in [3.63, 3.8) is 0 Å². The molecule has 0 radical (unpaired) electrons. The first-order chi connectivity index (χ1) is 12.9. The van der Waals surface area contributed by atoms with Crippen LogP contribution in [0.25, 0.3) is 0 Å². The van der Waals surface area contributed by atoms with Gasteiger partial charge in [-0.2, -0.15) is 0 Å². The molecule has 0 fully saturated rings. The van der Waals surface area contributed by atoms with Gasteiger partial charge in [0.15, 0.2) is 18.5 Å². The number of ketones is 1. The lowest BCUT2D eigenvalue weighted by Gasteiger charge is -2.14. The van der Waals surface area contributed by atoms with Gasteiger partial charge < -0.3 is 19.5 Å². The number of methoxy groups -OCH3 is 1. The minimum atomic E-state index is -1.02. The number of rotatable bonds is 8. The SMILES string of the molecule is COc1ccc(OCC(=O)O[C@@H](C)C(=O)Nc2cccc(C(C)=O)c2)cc1. The molecule has 27 heavy (non-hydrogen) atoms. The van der Waals surface area contributed by atoms with Gasteiger partial charge in [-0.3, -0.25) is 9.59 Å². The van der Waals surface area contributed by atoms with Crippen molar-refractivity contribution in [2.24, 2.45) is 0 Å². The molecule has 0 spiro atoms. The molecule has 1 amide bonds. The quantitative estimate of drug-likeness (QED) is 0.567. The monoisotopic (exact) mass is 371 g/mol. The van der Waals surface area contributed by atoms with Crippen LogP contribution in [0.1, 0.15) is 24.2 Å². The summed E-state index contributed by atoms with van der Waals surface area (Å²) in [6.45, 7) is 2.56. The Morgan fingerprint density at radius 1 is 1.04 bits per heavy atom. The maximum absolute atomic E-state index is 12.1. The Labute approximate surface area is 157 Å². The summed E-state index contributed by atoms with van der Waals surface area (Å²) in [6.07, 6.45) is -1.02. The molecule has 0 saturated carbocycles. The van der Waals surface area contributed by atoms with Crippen LogP contribution in [0, 0.1) is 0 Å². The molecule has 1 atom stereocenters. The van der Waals surface area contributed by atoms with Crippen LogP contribution in [-0.4, -0.2) is 37.5 Å². The summed E-state index contributed by atoms with van der Waals surface area (Å²) in [5, 5.41) is 2.61. The molecular formula is C20H21NO6. The molecule has 142 valence electrons. The van der Waals surface area contributed by atoms with Gasteiger partial charge in [-0.1, -0.05) is 12.1 Å². The molecule has 0 aliphatic heterocycles. The number of hydrogen-bond donors (Lipinski definition) is 1. The van der Waals surface area contributed by atoms with E-state index < -0.39 is 18.0 Å². The normalized spacial score (nSPS) is 11.2. The van der Waals surface area contributed by atoms with Gasteiger partial charge in [0, 0.05) is 11.3 Å². The lowest BCUT2D eigenvalue weighted by atomic mass is 10.1. The third kappa shape index (κ3) is 6.14. The second-order valence-electron chi connectivity index (χ2n) is 5.72. The molecule has 2 aromatic carbocycles. The maximum Gasteiger partial charge on any atom is 0.344 e. The fourth-order valence-corrected chi connectivity index (χ4v) is 2.16. The zero-order chi connectivity index (χ0) is 19.8. The van der Waals surface area contributed by atoms with Crippen LogP contribution in [0.2, 0.25) is 0 Å². The van der Waals surface area contributed by atoms with Gasteiger partial charge in [-0.05, 0) is 50.2 Å². The Morgan fingerprint density at radius 3 is 2.33 bits per heavy atom. The molecule has 1 N–H and O–H groups in total. The van der Waals surface area contributed by atoms with Crippen molar-refractivity contribution in [3.8, 4) is 11.5 Å². The fraction of sp³-hybridized carbons (Fsp3) is 0.250. The van der Waals surface area contributed by atoms with E-state index in [1.54, 1.807) is 55.6 Å². The van der Waals surface area contributed by atoms with Crippen LogP contribution >= 0.6 is 0 Å². The van der Waals surface area contributed by atoms with Gasteiger partial charge in [0.25, 0.3) is 5.91 Å². The second-order valence-corrected chi connectivity index (χ2v) is 5.72. The number of carbonyl (C=O) groups excluding carboxylic acids is 3. The molecule has 0 aliphatic rings. The highest BCUT2D eigenvalue weighted by atomic mass is 16.6. The number of carbonyl (C=O) groups is 3. The van der Waals surface area contributed by atoms with Crippen molar-refractivity contribution in [1.29, 1.82) is 0 Å². The number of esters is 1. The first-order valence-corrected chi connectivity index (χ1v) is 8.27. The molecule has 0 heterocycles. The molecule has 2 rings (SSSR count). The van der Waals surface area contributed by atoms with Crippen LogP contribution in [-0.2, 0) is 14.3 Å². The molecule has 7 nitrogen and oxygen atoms in total.